The first-order valence-corrected chi connectivity index (χ1v) is 3.98. The van der Waals surface area contributed by atoms with E-state index in [1.165, 1.54) is 6.92 Å². The number of rotatable bonds is 3. The Hall–Kier alpha value is -1.12. The molecule has 1 saturated heterocycles. The molecule has 1 rings (SSSR count). The number of hydrogen-bond donors (Lipinski definition) is 0. The highest BCUT2D eigenvalue weighted by molar-refractivity contribution is 5.90. The zero-order chi connectivity index (χ0) is 9.14. The van der Waals surface area contributed by atoms with Gasteiger partial charge in [0.1, 0.15) is 11.9 Å². The van der Waals surface area contributed by atoms with Crippen molar-refractivity contribution in [2.75, 3.05) is 0 Å². The maximum absolute atomic E-state index is 10.8. The quantitative estimate of drug-likeness (QED) is 0.470. The van der Waals surface area contributed by atoms with Crippen molar-refractivity contribution in [1.29, 1.82) is 0 Å². The van der Waals surface area contributed by atoms with Crippen LogP contribution in [0.25, 0.3) is 0 Å². The standard InChI is InChI=1S/C9H12O3/c1-6-5-8(12-9(6)11)4-3-7(2)10/h8H,1,3-5H2,2H3/t8-/m1/s1. The number of carbonyl (C=O) groups excluding carboxylic acids is 2. The van der Waals surface area contributed by atoms with Crippen LogP contribution in [-0.4, -0.2) is 17.9 Å². The molecule has 3 heteroatoms. The summed E-state index contributed by atoms with van der Waals surface area (Å²) in [6.07, 6.45) is 1.56. The fourth-order valence-electron chi connectivity index (χ4n) is 1.16. The van der Waals surface area contributed by atoms with Gasteiger partial charge >= 0.3 is 5.97 Å². The van der Waals surface area contributed by atoms with Crippen molar-refractivity contribution < 1.29 is 14.3 Å². The van der Waals surface area contributed by atoms with Crippen LogP contribution >= 0.6 is 0 Å². The van der Waals surface area contributed by atoms with Gasteiger partial charge in [-0.2, -0.15) is 0 Å². The van der Waals surface area contributed by atoms with E-state index in [0.29, 0.717) is 24.8 Å². The molecule has 0 aromatic heterocycles. The first kappa shape index (κ1) is 8.97. The monoisotopic (exact) mass is 168 g/mol. The highest BCUT2D eigenvalue weighted by Crippen LogP contribution is 2.21. The van der Waals surface area contributed by atoms with Crippen LogP contribution in [0.4, 0.5) is 0 Å². The van der Waals surface area contributed by atoms with Crippen LogP contribution < -0.4 is 0 Å². The summed E-state index contributed by atoms with van der Waals surface area (Å²) in [5.74, 6) is -0.188. The Morgan fingerprint density at radius 3 is 2.83 bits per heavy atom. The molecule has 0 aromatic rings. The molecule has 0 saturated carbocycles. The van der Waals surface area contributed by atoms with Crippen molar-refractivity contribution in [2.24, 2.45) is 0 Å². The summed E-state index contributed by atoms with van der Waals surface area (Å²) in [5.41, 5.74) is 0.517. The average Bonchev–Trinajstić information content (AvgIpc) is 2.28. The lowest BCUT2D eigenvalue weighted by Gasteiger charge is -2.05. The third-order valence-corrected chi connectivity index (χ3v) is 1.85. The van der Waals surface area contributed by atoms with Crippen molar-refractivity contribution in [2.45, 2.75) is 32.3 Å². The number of hydrogen-bond acceptors (Lipinski definition) is 3. The van der Waals surface area contributed by atoms with Crippen molar-refractivity contribution >= 4 is 11.8 Å². The molecule has 0 radical (unpaired) electrons. The van der Waals surface area contributed by atoms with Crippen molar-refractivity contribution in [1.82, 2.24) is 0 Å². The summed E-state index contributed by atoms with van der Waals surface area (Å²) < 4.78 is 4.93. The van der Waals surface area contributed by atoms with Crippen molar-refractivity contribution in [3.63, 3.8) is 0 Å². The molecule has 0 bridgehead atoms. The minimum atomic E-state index is -0.316. The molecule has 0 spiro atoms. The lowest BCUT2D eigenvalue weighted by molar-refractivity contribution is -0.139. The lowest BCUT2D eigenvalue weighted by Crippen LogP contribution is -2.08. The molecule has 1 aliphatic heterocycles. The predicted molar refractivity (Wildman–Crippen MR) is 43.6 cm³/mol. The molecule has 0 aliphatic carbocycles. The Labute approximate surface area is 71.4 Å². The Balaban J connectivity index is 2.33. The van der Waals surface area contributed by atoms with E-state index >= 15 is 0 Å². The van der Waals surface area contributed by atoms with Gasteiger partial charge in [0.25, 0.3) is 0 Å². The van der Waals surface area contributed by atoms with E-state index < -0.39 is 0 Å². The molecule has 12 heavy (non-hydrogen) atoms. The Bertz CT molecular complexity index is 214. The van der Waals surface area contributed by atoms with E-state index in [4.69, 9.17) is 4.74 Å². The van der Waals surface area contributed by atoms with Gasteiger partial charge in [-0.25, -0.2) is 4.79 Å². The zero-order valence-electron chi connectivity index (χ0n) is 7.13. The SMILES string of the molecule is C=C1C[C@@H](CCC(C)=O)OC1=O. The number of carbonyl (C=O) groups is 2. The van der Waals surface area contributed by atoms with Crippen LogP contribution in [0.3, 0.4) is 0 Å². The first-order chi connectivity index (χ1) is 5.59. The molecule has 0 aromatic carbocycles. The molecule has 1 aliphatic rings. The molecule has 0 unspecified atom stereocenters. The Morgan fingerprint density at radius 1 is 1.75 bits per heavy atom. The van der Waals surface area contributed by atoms with E-state index in [0.717, 1.165) is 0 Å². The van der Waals surface area contributed by atoms with Gasteiger partial charge in [-0.1, -0.05) is 6.58 Å². The number of Topliss-reactive ketones (excluding diaryl/α,β-unsaturated/α-hetero) is 1. The van der Waals surface area contributed by atoms with Gasteiger partial charge in [-0.05, 0) is 13.3 Å². The highest BCUT2D eigenvalue weighted by atomic mass is 16.5. The van der Waals surface area contributed by atoms with Crippen LogP contribution in [-0.2, 0) is 14.3 Å². The van der Waals surface area contributed by atoms with Crippen LogP contribution in [0.2, 0.25) is 0 Å². The van der Waals surface area contributed by atoms with Crippen LogP contribution in [0.5, 0.6) is 0 Å². The second-order valence-corrected chi connectivity index (χ2v) is 3.08. The summed E-state index contributed by atoms with van der Waals surface area (Å²) in [7, 11) is 0. The maximum Gasteiger partial charge on any atom is 0.333 e. The largest absolute Gasteiger partial charge is 0.459 e. The smallest absolute Gasteiger partial charge is 0.333 e. The number of ether oxygens (including phenoxy) is 1. The van der Waals surface area contributed by atoms with Crippen molar-refractivity contribution in [3.8, 4) is 0 Å². The predicted octanol–water partition coefficient (Wildman–Crippen LogP) is 1.23. The molecule has 66 valence electrons. The average molecular weight is 168 g/mol. The molecular formula is C9H12O3. The molecule has 1 heterocycles. The zero-order valence-corrected chi connectivity index (χ0v) is 7.13. The van der Waals surface area contributed by atoms with E-state index in [1.54, 1.807) is 0 Å². The van der Waals surface area contributed by atoms with Gasteiger partial charge in [0.05, 0.1) is 0 Å². The van der Waals surface area contributed by atoms with E-state index in [1.807, 2.05) is 0 Å². The van der Waals surface area contributed by atoms with E-state index in [-0.39, 0.29) is 17.9 Å². The van der Waals surface area contributed by atoms with Crippen LogP contribution in [0, 0.1) is 0 Å². The summed E-state index contributed by atoms with van der Waals surface area (Å²) in [6.45, 7) is 5.09. The summed E-state index contributed by atoms with van der Waals surface area (Å²) in [5, 5.41) is 0. The summed E-state index contributed by atoms with van der Waals surface area (Å²) in [6, 6.07) is 0. The number of esters is 1. The maximum atomic E-state index is 10.8. The molecule has 3 nitrogen and oxygen atoms in total. The van der Waals surface area contributed by atoms with Gasteiger partial charge in [0.2, 0.25) is 0 Å². The minimum absolute atomic E-state index is 0.117. The molecule has 1 fully saturated rings. The van der Waals surface area contributed by atoms with Crippen molar-refractivity contribution in [3.05, 3.63) is 12.2 Å². The second kappa shape index (κ2) is 3.52. The van der Waals surface area contributed by atoms with E-state index in [2.05, 4.69) is 6.58 Å². The van der Waals surface area contributed by atoms with Crippen LogP contribution in [0.1, 0.15) is 26.2 Å². The summed E-state index contributed by atoms with van der Waals surface area (Å²) in [4.78, 5) is 21.4. The number of ketones is 1. The summed E-state index contributed by atoms with van der Waals surface area (Å²) >= 11 is 0. The van der Waals surface area contributed by atoms with Gasteiger partial charge in [-0.15, -0.1) is 0 Å². The normalized spacial score (nSPS) is 22.6. The fourth-order valence-corrected chi connectivity index (χ4v) is 1.16. The molecule has 1 atom stereocenters. The minimum Gasteiger partial charge on any atom is -0.459 e. The van der Waals surface area contributed by atoms with Gasteiger partial charge in [0.15, 0.2) is 0 Å². The Morgan fingerprint density at radius 2 is 2.42 bits per heavy atom. The topological polar surface area (TPSA) is 43.4 Å². The highest BCUT2D eigenvalue weighted by Gasteiger charge is 2.26. The van der Waals surface area contributed by atoms with Gasteiger partial charge in [-0.3, -0.25) is 0 Å². The van der Waals surface area contributed by atoms with E-state index in [9.17, 15) is 9.59 Å². The molecule has 0 amide bonds. The third-order valence-electron chi connectivity index (χ3n) is 1.85. The number of cyclic esters (lactones) is 1. The third kappa shape index (κ3) is 2.19. The van der Waals surface area contributed by atoms with Crippen LogP contribution in [0.15, 0.2) is 12.2 Å². The first-order valence-electron chi connectivity index (χ1n) is 3.98. The fraction of sp³-hybridized carbons (Fsp3) is 0.556. The van der Waals surface area contributed by atoms with Gasteiger partial charge < -0.3 is 9.53 Å². The molecular weight excluding hydrogens is 156 g/mol. The van der Waals surface area contributed by atoms with Gasteiger partial charge in [0, 0.05) is 18.4 Å². The lowest BCUT2D eigenvalue weighted by atomic mass is 10.1. The Kier molecular flexibility index (Phi) is 2.63. The second-order valence-electron chi connectivity index (χ2n) is 3.08. The molecule has 0 N–H and O–H groups in total.